The maximum Gasteiger partial charge on any atom is 0.228 e. The summed E-state index contributed by atoms with van der Waals surface area (Å²) in [5, 5.41) is 6.16. The Labute approximate surface area is 112 Å². The first-order valence-electron chi connectivity index (χ1n) is 6.23. The van der Waals surface area contributed by atoms with Gasteiger partial charge in [0.2, 0.25) is 17.2 Å². The zero-order valence-electron chi connectivity index (χ0n) is 10.4. The average Bonchev–Trinajstić information content (AvgIpc) is 2.39. The molecule has 0 amide bonds. The fourth-order valence-electron chi connectivity index (χ4n) is 1.92. The highest BCUT2D eigenvalue weighted by atomic mass is 35.5. The van der Waals surface area contributed by atoms with Crippen LogP contribution in [0.4, 0.5) is 11.9 Å². The normalized spacial score (nSPS) is 19.6. The van der Waals surface area contributed by atoms with Gasteiger partial charge in [-0.05, 0) is 37.3 Å². The zero-order chi connectivity index (χ0) is 12.8. The molecule has 1 aromatic rings. The second-order valence-corrected chi connectivity index (χ2v) is 4.54. The summed E-state index contributed by atoms with van der Waals surface area (Å²) >= 11 is 5.79. The van der Waals surface area contributed by atoms with E-state index in [0.29, 0.717) is 18.0 Å². The molecule has 6 nitrogen and oxygen atoms in total. The monoisotopic (exact) mass is 271 g/mol. The molecule has 1 aromatic heterocycles. The first-order chi connectivity index (χ1) is 8.78. The summed E-state index contributed by atoms with van der Waals surface area (Å²) < 4.78 is 5.65. The quantitative estimate of drug-likeness (QED) is 0.853. The molecular formula is C11H18ClN5O. The fourth-order valence-corrected chi connectivity index (χ4v) is 2.08. The minimum Gasteiger partial charge on any atom is -0.378 e. The Morgan fingerprint density at radius 1 is 1.28 bits per heavy atom. The Morgan fingerprint density at radius 3 is 2.83 bits per heavy atom. The van der Waals surface area contributed by atoms with Crippen LogP contribution in [0.3, 0.4) is 0 Å². The van der Waals surface area contributed by atoms with Gasteiger partial charge in [-0.1, -0.05) is 0 Å². The van der Waals surface area contributed by atoms with E-state index in [1.165, 1.54) is 12.8 Å². The molecule has 2 rings (SSSR count). The van der Waals surface area contributed by atoms with Crippen LogP contribution in [0, 0.1) is 0 Å². The van der Waals surface area contributed by atoms with Gasteiger partial charge in [0.25, 0.3) is 0 Å². The average molecular weight is 272 g/mol. The molecule has 0 aromatic carbocycles. The van der Waals surface area contributed by atoms with Crippen LogP contribution in [0.5, 0.6) is 0 Å². The van der Waals surface area contributed by atoms with Crippen LogP contribution >= 0.6 is 11.6 Å². The van der Waals surface area contributed by atoms with E-state index in [0.717, 1.165) is 26.0 Å². The highest BCUT2D eigenvalue weighted by molar-refractivity contribution is 6.28. The summed E-state index contributed by atoms with van der Waals surface area (Å²) in [6.45, 7) is 1.65. The number of nitrogens with one attached hydrogen (secondary N) is 2. The van der Waals surface area contributed by atoms with Crippen molar-refractivity contribution in [3.63, 3.8) is 0 Å². The lowest BCUT2D eigenvalue weighted by molar-refractivity contribution is 0.0134. The van der Waals surface area contributed by atoms with E-state index < -0.39 is 0 Å². The SMILES string of the molecule is CNc1nc(Cl)nc(NCCC2CCCCO2)n1. The van der Waals surface area contributed by atoms with Crippen molar-refractivity contribution in [1.82, 2.24) is 15.0 Å². The molecule has 1 aliphatic heterocycles. The van der Waals surface area contributed by atoms with E-state index in [9.17, 15) is 0 Å². The molecule has 7 heteroatoms. The molecule has 2 N–H and O–H groups in total. The van der Waals surface area contributed by atoms with Crippen molar-refractivity contribution >= 4 is 23.5 Å². The molecule has 0 aliphatic carbocycles. The molecule has 0 bridgehead atoms. The second-order valence-electron chi connectivity index (χ2n) is 4.21. The molecule has 0 radical (unpaired) electrons. The van der Waals surface area contributed by atoms with E-state index in [1.54, 1.807) is 7.05 Å². The fraction of sp³-hybridized carbons (Fsp3) is 0.727. The minimum absolute atomic E-state index is 0.186. The van der Waals surface area contributed by atoms with Crippen molar-refractivity contribution in [3.8, 4) is 0 Å². The number of hydrogen-bond donors (Lipinski definition) is 2. The van der Waals surface area contributed by atoms with Gasteiger partial charge >= 0.3 is 0 Å². The van der Waals surface area contributed by atoms with Crippen molar-refractivity contribution in [3.05, 3.63) is 5.28 Å². The van der Waals surface area contributed by atoms with Gasteiger partial charge in [0.1, 0.15) is 0 Å². The molecule has 0 saturated carbocycles. The number of nitrogens with zero attached hydrogens (tertiary/aromatic N) is 3. The maximum atomic E-state index is 5.79. The summed E-state index contributed by atoms with van der Waals surface area (Å²) in [5.41, 5.74) is 0. The van der Waals surface area contributed by atoms with E-state index >= 15 is 0 Å². The van der Waals surface area contributed by atoms with Crippen LogP contribution in [-0.2, 0) is 4.74 Å². The van der Waals surface area contributed by atoms with Crippen molar-refractivity contribution in [1.29, 1.82) is 0 Å². The number of rotatable bonds is 5. The van der Waals surface area contributed by atoms with Gasteiger partial charge in [0.05, 0.1) is 6.10 Å². The largest absolute Gasteiger partial charge is 0.378 e. The van der Waals surface area contributed by atoms with E-state index in [4.69, 9.17) is 16.3 Å². The predicted molar refractivity (Wildman–Crippen MR) is 71.1 cm³/mol. The van der Waals surface area contributed by atoms with Crippen LogP contribution < -0.4 is 10.6 Å². The first kappa shape index (κ1) is 13.3. The number of aromatic nitrogens is 3. The molecule has 18 heavy (non-hydrogen) atoms. The van der Waals surface area contributed by atoms with Crippen molar-refractivity contribution in [2.45, 2.75) is 31.8 Å². The van der Waals surface area contributed by atoms with Crippen LogP contribution in [0.2, 0.25) is 5.28 Å². The van der Waals surface area contributed by atoms with Crippen LogP contribution in [0.25, 0.3) is 0 Å². The van der Waals surface area contributed by atoms with Gasteiger partial charge in [-0.15, -0.1) is 0 Å². The standard InChI is InChI=1S/C11H18ClN5O/c1-13-10-15-9(12)16-11(17-10)14-6-5-8-4-2-3-7-18-8/h8H,2-7H2,1H3,(H2,13,14,15,16,17). The summed E-state index contributed by atoms with van der Waals surface area (Å²) in [6, 6.07) is 0. The second kappa shape index (κ2) is 6.70. The molecule has 0 spiro atoms. The first-order valence-corrected chi connectivity index (χ1v) is 6.60. The van der Waals surface area contributed by atoms with E-state index in [1.807, 2.05) is 0 Å². The van der Waals surface area contributed by atoms with Gasteiger partial charge < -0.3 is 15.4 Å². The third kappa shape index (κ3) is 3.96. The summed E-state index contributed by atoms with van der Waals surface area (Å²) in [4.78, 5) is 12.1. The maximum absolute atomic E-state index is 5.79. The lowest BCUT2D eigenvalue weighted by atomic mass is 10.1. The smallest absolute Gasteiger partial charge is 0.228 e. The summed E-state index contributed by atoms with van der Waals surface area (Å²) in [6.07, 6.45) is 4.89. The van der Waals surface area contributed by atoms with E-state index in [-0.39, 0.29) is 5.28 Å². The van der Waals surface area contributed by atoms with Crippen molar-refractivity contribution in [2.24, 2.45) is 0 Å². The highest BCUT2D eigenvalue weighted by Gasteiger charge is 2.13. The van der Waals surface area contributed by atoms with Gasteiger partial charge in [-0.2, -0.15) is 15.0 Å². The van der Waals surface area contributed by atoms with Crippen LogP contribution in [0.15, 0.2) is 0 Å². The Morgan fingerprint density at radius 2 is 2.11 bits per heavy atom. The molecular weight excluding hydrogens is 254 g/mol. The van der Waals surface area contributed by atoms with E-state index in [2.05, 4.69) is 25.6 Å². The lowest BCUT2D eigenvalue weighted by Crippen LogP contribution is -2.22. The highest BCUT2D eigenvalue weighted by Crippen LogP contribution is 2.15. The van der Waals surface area contributed by atoms with Crippen molar-refractivity contribution < 1.29 is 4.74 Å². The number of hydrogen-bond acceptors (Lipinski definition) is 6. The molecule has 1 atom stereocenters. The molecule has 1 unspecified atom stereocenters. The van der Waals surface area contributed by atoms with Crippen molar-refractivity contribution in [2.75, 3.05) is 30.8 Å². The Kier molecular flexibility index (Phi) is 4.95. The Balaban J connectivity index is 1.80. The molecule has 1 saturated heterocycles. The topological polar surface area (TPSA) is 72.0 Å². The molecule has 1 aliphatic rings. The summed E-state index contributed by atoms with van der Waals surface area (Å²) in [5.74, 6) is 0.960. The third-order valence-corrected chi connectivity index (χ3v) is 3.02. The van der Waals surface area contributed by atoms with Gasteiger partial charge in [-0.3, -0.25) is 0 Å². The van der Waals surface area contributed by atoms with Gasteiger partial charge in [0, 0.05) is 20.2 Å². The molecule has 2 heterocycles. The van der Waals surface area contributed by atoms with Crippen LogP contribution in [-0.4, -0.2) is 41.3 Å². The number of anilines is 2. The van der Waals surface area contributed by atoms with Gasteiger partial charge in [0.15, 0.2) is 0 Å². The number of halogens is 1. The molecule has 1 fully saturated rings. The Hall–Kier alpha value is -1.14. The predicted octanol–water partition coefficient (Wildman–Crippen LogP) is 1.94. The number of ether oxygens (including phenoxy) is 1. The zero-order valence-corrected chi connectivity index (χ0v) is 11.2. The Bertz CT molecular complexity index is 384. The lowest BCUT2D eigenvalue weighted by Gasteiger charge is -2.22. The van der Waals surface area contributed by atoms with Crippen LogP contribution in [0.1, 0.15) is 25.7 Å². The summed E-state index contributed by atoms with van der Waals surface area (Å²) in [7, 11) is 1.74. The minimum atomic E-state index is 0.186. The van der Waals surface area contributed by atoms with Gasteiger partial charge in [-0.25, -0.2) is 0 Å². The molecule has 100 valence electrons. The third-order valence-electron chi connectivity index (χ3n) is 2.86.